The van der Waals surface area contributed by atoms with E-state index in [1.54, 1.807) is 30.1 Å². The lowest BCUT2D eigenvalue weighted by Gasteiger charge is -2.19. The highest BCUT2D eigenvalue weighted by Crippen LogP contribution is 2.26. The van der Waals surface area contributed by atoms with Gasteiger partial charge in [-0.1, -0.05) is 28.1 Å². The van der Waals surface area contributed by atoms with Crippen molar-refractivity contribution >= 4 is 33.7 Å². The normalized spacial score (nSPS) is 12.9. The molecule has 0 aliphatic carbocycles. The van der Waals surface area contributed by atoms with Crippen LogP contribution in [0.5, 0.6) is 5.75 Å². The first-order valence-electron chi connectivity index (χ1n) is 9.52. The number of hydrogen-bond donors (Lipinski definition) is 0. The second kappa shape index (κ2) is 9.22. The molecule has 0 fully saturated rings. The molecule has 0 aromatic heterocycles. The lowest BCUT2D eigenvalue weighted by molar-refractivity contribution is -0.130. The van der Waals surface area contributed by atoms with Crippen molar-refractivity contribution in [3.05, 3.63) is 63.6 Å². The Bertz CT molecular complexity index is 927. The lowest BCUT2D eigenvalue weighted by Crippen LogP contribution is -2.32. The zero-order valence-electron chi connectivity index (χ0n) is 16.5. The Morgan fingerprint density at radius 2 is 1.76 bits per heavy atom. The third-order valence-electron chi connectivity index (χ3n) is 4.78. The lowest BCUT2D eigenvalue weighted by atomic mass is 10.1. The second-order valence-electron chi connectivity index (χ2n) is 6.88. The summed E-state index contributed by atoms with van der Waals surface area (Å²) < 4.78 is 6.17. The van der Waals surface area contributed by atoms with Crippen LogP contribution in [0.2, 0.25) is 0 Å². The Morgan fingerprint density at radius 1 is 1.07 bits per heavy atom. The molecule has 2 aromatic rings. The maximum atomic E-state index is 12.5. The minimum absolute atomic E-state index is 0.0294. The second-order valence-corrected chi connectivity index (χ2v) is 7.80. The SMILES string of the molecule is CCOc1ccc(CN(C)C(=O)CCCN2C(=O)c3ccc(Br)cc3C2=O)cc1. The van der Waals surface area contributed by atoms with Crippen molar-refractivity contribution in [3.8, 4) is 5.75 Å². The van der Waals surface area contributed by atoms with Gasteiger partial charge in [0.1, 0.15) is 5.75 Å². The summed E-state index contributed by atoms with van der Waals surface area (Å²) in [5.74, 6) is 0.172. The quantitative estimate of drug-likeness (QED) is 0.562. The molecular formula is C22H23BrN2O4. The summed E-state index contributed by atoms with van der Waals surface area (Å²) in [4.78, 5) is 40.2. The number of fused-ring (bicyclic) bond motifs is 1. The number of nitrogens with zero attached hydrogens (tertiary/aromatic N) is 2. The number of carbonyl (C=O) groups excluding carboxylic acids is 3. The highest BCUT2D eigenvalue weighted by atomic mass is 79.9. The monoisotopic (exact) mass is 458 g/mol. The number of carbonyl (C=O) groups is 3. The van der Waals surface area contributed by atoms with Gasteiger partial charge < -0.3 is 9.64 Å². The van der Waals surface area contributed by atoms with E-state index < -0.39 is 0 Å². The molecule has 0 radical (unpaired) electrons. The zero-order chi connectivity index (χ0) is 21.0. The molecule has 6 nitrogen and oxygen atoms in total. The van der Waals surface area contributed by atoms with Crippen LogP contribution < -0.4 is 4.74 Å². The highest BCUT2D eigenvalue weighted by Gasteiger charge is 2.35. The van der Waals surface area contributed by atoms with Crippen LogP contribution in [0.25, 0.3) is 0 Å². The van der Waals surface area contributed by atoms with Gasteiger partial charge in [-0.15, -0.1) is 0 Å². The van der Waals surface area contributed by atoms with Crippen LogP contribution >= 0.6 is 15.9 Å². The largest absolute Gasteiger partial charge is 0.494 e. The van der Waals surface area contributed by atoms with Gasteiger partial charge in [0.25, 0.3) is 11.8 Å². The number of imide groups is 1. The van der Waals surface area contributed by atoms with E-state index in [-0.39, 0.29) is 30.7 Å². The Kier molecular flexibility index (Phi) is 6.69. The fourth-order valence-corrected chi connectivity index (χ4v) is 3.63. The number of hydrogen-bond acceptors (Lipinski definition) is 4. The fraction of sp³-hybridized carbons (Fsp3) is 0.318. The van der Waals surface area contributed by atoms with Crippen LogP contribution in [0, 0.1) is 0 Å². The summed E-state index contributed by atoms with van der Waals surface area (Å²) in [7, 11) is 1.75. The summed E-state index contributed by atoms with van der Waals surface area (Å²) in [6.45, 7) is 3.27. The molecule has 1 heterocycles. The van der Waals surface area contributed by atoms with Gasteiger partial charge in [0.2, 0.25) is 5.91 Å². The van der Waals surface area contributed by atoms with Gasteiger partial charge in [-0.3, -0.25) is 19.3 Å². The molecule has 152 valence electrons. The van der Waals surface area contributed by atoms with E-state index in [2.05, 4.69) is 15.9 Å². The summed E-state index contributed by atoms with van der Waals surface area (Å²) in [5, 5.41) is 0. The van der Waals surface area contributed by atoms with E-state index in [1.807, 2.05) is 31.2 Å². The van der Waals surface area contributed by atoms with Crippen molar-refractivity contribution in [1.82, 2.24) is 9.80 Å². The summed E-state index contributed by atoms with van der Waals surface area (Å²) in [5.41, 5.74) is 1.83. The molecule has 0 atom stereocenters. The van der Waals surface area contributed by atoms with Crippen molar-refractivity contribution in [3.63, 3.8) is 0 Å². The molecule has 0 saturated carbocycles. The van der Waals surface area contributed by atoms with E-state index >= 15 is 0 Å². The zero-order valence-corrected chi connectivity index (χ0v) is 18.1. The molecule has 7 heteroatoms. The molecule has 1 aliphatic heterocycles. The van der Waals surface area contributed by atoms with E-state index in [4.69, 9.17) is 4.74 Å². The maximum absolute atomic E-state index is 12.5. The van der Waals surface area contributed by atoms with Crippen LogP contribution in [-0.4, -0.2) is 47.7 Å². The van der Waals surface area contributed by atoms with Crippen LogP contribution in [0.15, 0.2) is 46.9 Å². The predicted molar refractivity (Wildman–Crippen MR) is 113 cm³/mol. The molecule has 3 rings (SSSR count). The number of halogens is 1. The molecule has 1 aliphatic rings. The average Bonchev–Trinajstić information content (AvgIpc) is 2.93. The Balaban J connectivity index is 1.49. The van der Waals surface area contributed by atoms with Crippen LogP contribution in [-0.2, 0) is 11.3 Å². The van der Waals surface area contributed by atoms with Gasteiger partial charge in [0.15, 0.2) is 0 Å². The number of amides is 3. The topological polar surface area (TPSA) is 66.9 Å². The van der Waals surface area contributed by atoms with E-state index in [0.29, 0.717) is 30.7 Å². The van der Waals surface area contributed by atoms with Crippen LogP contribution in [0.1, 0.15) is 46.0 Å². The van der Waals surface area contributed by atoms with Gasteiger partial charge in [-0.2, -0.15) is 0 Å². The smallest absolute Gasteiger partial charge is 0.261 e. The molecule has 29 heavy (non-hydrogen) atoms. The summed E-state index contributed by atoms with van der Waals surface area (Å²) >= 11 is 3.32. The van der Waals surface area contributed by atoms with Gasteiger partial charge in [-0.05, 0) is 49.2 Å². The standard InChI is InChI=1S/C22H23BrN2O4/c1-3-29-17-9-6-15(7-10-17)14-24(2)20(26)5-4-12-25-21(27)18-11-8-16(23)13-19(18)22(25)28/h6-11,13H,3-5,12,14H2,1-2H3. The summed E-state index contributed by atoms with van der Waals surface area (Å²) in [6.07, 6.45) is 0.698. The molecule has 0 spiro atoms. The Labute approximate surface area is 178 Å². The fourth-order valence-electron chi connectivity index (χ4n) is 3.27. The average molecular weight is 459 g/mol. The van der Waals surface area contributed by atoms with Gasteiger partial charge in [0, 0.05) is 31.0 Å². The molecule has 0 N–H and O–H groups in total. The molecule has 2 aromatic carbocycles. The van der Waals surface area contributed by atoms with E-state index in [1.165, 1.54) is 4.90 Å². The van der Waals surface area contributed by atoms with Crippen molar-refractivity contribution < 1.29 is 19.1 Å². The van der Waals surface area contributed by atoms with E-state index in [0.717, 1.165) is 15.8 Å². The molecule has 0 saturated heterocycles. The molecule has 0 unspecified atom stereocenters. The van der Waals surface area contributed by atoms with Gasteiger partial charge in [0.05, 0.1) is 17.7 Å². The van der Waals surface area contributed by atoms with Crippen molar-refractivity contribution in [2.45, 2.75) is 26.3 Å². The first-order valence-corrected chi connectivity index (χ1v) is 10.3. The first-order chi connectivity index (χ1) is 13.9. The number of ether oxygens (including phenoxy) is 1. The van der Waals surface area contributed by atoms with Crippen molar-refractivity contribution in [2.24, 2.45) is 0 Å². The minimum Gasteiger partial charge on any atom is -0.494 e. The number of benzene rings is 2. The third kappa shape index (κ3) is 4.85. The molecular weight excluding hydrogens is 436 g/mol. The number of rotatable bonds is 8. The van der Waals surface area contributed by atoms with Crippen molar-refractivity contribution in [2.75, 3.05) is 20.2 Å². The molecule has 0 bridgehead atoms. The maximum Gasteiger partial charge on any atom is 0.261 e. The summed E-state index contributed by atoms with van der Waals surface area (Å²) in [6, 6.07) is 12.7. The van der Waals surface area contributed by atoms with Gasteiger partial charge in [-0.25, -0.2) is 0 Å². The van der Waals surface area contributed by atoms with Gasteiger partial charge >= 0.3 is 0 Å². The first kappa shape index (κ1) is 21.0. The Morgan fingerprint density at radius 3 is 2.45 bits per heavy atom. The van der Waals surface area contributed by atoms with Crippen LogP contribution in [0.3, 0.4) is 0 Å². The Hall–Kier alpha value is -2.67. The minimum atomic E-state index is -0.304. The van der Waals surface area contributed by atoms with Crippen molar-refractivity contribution in [1.29, 1.82) is 0 Å². The highest BCUT2D eigenvalue weighted by molar-refractivity contribution is 9.10. The van der Waals surface area contributed by atoms with Crippen LogP contribution in [0.4, 0.5) is 0 Å². The van der Waals surface area contributed by atoms with E-state index in [9.17, 15) is 14.4 Å². The third-order valence-corrected chi connectivity index (χ3v) is 5.28. The molecule has 3 amide bonds. The predicted octanol–water partition coefficient (Wildman–Crippen LogP) is 3.88.